The number of aromatic nitrogens is 3. The molecule has 0 unspecified atom stereocenters. The highest BCUT2D eigenvalue weighted by Gasteiger charge is 2.12. The normalized spacial score (nSPS) is 10.2. The first-order valence-corrected chi connectivity index (χ1v) is 4.99. The Morgan fingerprint density at radius 3 is 2.80 bits per heavy atom. The molecule has 0 aromatic carbocycles. The second kappa shape index (κ2) is 3.74. The van der Waals surface area contributed by atoms with Crippen LogP contribution >= 0.6 is 11.3 Å². The van der Waals surface area contributed by atoms with Crippen molar-refractivity contribution < 1.29 is 9.90 Å². The van der Waals surface area contributed by atoms with Crippen LogP contribution in [-0.4, -0.2) is 26.3 Å². The molecule has 15 heavy (non-hydrogen) atoms. The highest BCUT2D eigenvalue weighted by atomic mass is 32.1. The SMILES string of the molecule is Cc1cccc(-c2nnc(C(=O)O)s2)n1. The quantitative estimate of drug-likeness (QED) is 0.833. The number of carbonyl (C=O) groups is 1. The van der Waals surface area contributed by atoms with Crippen molar-refractivity contribution in [3.63, 3.8) is 0 Å². The monoisotopic (exact) mass is 221 g/mol. The average molecular weight is 221 g/mol. The molecule has 0 aliphatic carbocycles. The van der Waals surface area contributed by atoms with Crippen LogP contribution in [0, 0.1) is 6.92 Å². The van der Waals surface area contributed by atoms with Crippen LogP contribution in [0.25, 0.3) is 10.7 Å². The third kappa shape index (κ3) is 1.99. The lowest BCUT2D eigenvalue weighted by atomic mass is 10.3. The Bertz CT molecular complexity index is 510. The summed E-state index contributed by atoms with van der Waals surface area (Å²) in [6, 6.07) is 5.49. The van der Waals surface area contributed by atoms with Crippen molar-refractivity contribution in [2.24, 2.45) is 0 Å². The molecule has 0 radical (unpaired) electrons. The minimum atomic E-state index is -1.06. The lowest BCUT2D eigenvalue weighted by Crippen LogP contribution is -1.93. The predicted molar refractivity (Wildman–Crippen MR) is 54.8 cm³/mol. The standard InChI is InChI=1S/C9H7N3O2S/c1-5-3-2-4-6(10-5)7-11-12-8(15-7)9(13)14/h2-4H,1H3,(H,13,14). The smallest absolute Gasteiger partial charge is 0.367 e. The van der Waals surface area contributed by atoms with Crippen molar-refractivity contribution in [1.82, 2.24) is 15.2 Å². The van der Waals surface area contributed by atoms with Crippen LogP contribution in [0.4, 0.5) is 0 Å². The number of pyridine rings is 1. The Morgan fingerprint density at radius 2 is 2.20 bits per heavy atom. The summed E-state index contributed by atoms with van der Waals surface area (Å²) in [6.07, 6.45) is 0. The van der Waals surface area contributed by atoms with Crippen molar-refractivity contribution in [2.45, 2.75) is 6.92 Å². The molecule has 2 heterocycles. The molecular weight excluding hydrogens is 214 g/mol. The van der Waals surface area contributed by atoms with Gasteiger partial charge in [-0.2, -0.15) is 0 Å². The summed E-state index contributed by atoms with van der Waals surface area (Å²) in [7, 11) is 0. The first kappa shape index (κ1) is 9.72. The first-order chi connectivity index (χ1) is 7.16. The van der Waals surface area contributed by atoms with Gasteiger partial charge in [0.2, 0.25) is 5.01 Å². The summed E-state index contributed by atoms with van der Waals surface area (Å²) in [5.74, 6) is -1.06. The minimum absolute atomic E-state index is 0.0201. The van der Waals surface area contributed by atoms with E-state index < -0.39 is 5.97 Å². The number of aryl methyl sites for hydroxylation is 1. The summed E-state index contributed by atoms with van der Waals surface area (Å²) in [5, 5.41) is 16.5. The van der Waals surface area contributed by atoms with E-state index in [4.69, 9.17) is 5.11 Å². The molecule has 0 amide bonds. The molecule has 1 N–H and O–H groups in total. The van der Waals surface area contributed by atoms with Gasteiger partial charge in [0.25, 0.3) is 0 Å². The molecule has 0 saturated carbocycles. The maximum Gasteiger partial charge on any atom is 0.367 e. The largest absolute Gasteiger partial charge is 0.476 e. The van der Waals surface area contributed by atoms with E-state index >= 15 is 0 Å². The Balaban J connectivity index is 2.41. The Morgan fingerprint density at radius 1 is 1.40 bits per heavy atom. The average Bonchev–Trinajstić information content (AvgIpc) is 2.66. The molecule has 0 atom stereocenters. The van der Waals surface area contributed by atoms with Crippen molar-refractivity contribution in [3.8, 4) is 10.7 Å². The zero-order valence-electron chi connectivity index (χ0n) is 7.84. The summed E-state index contributed by atoms with van der Waals surface area (Å²) in [5.41, 5.74) is 1.51. The van der Waals surface area contributed by atoms with E-state index in [-0.39, 0.29) is 5.01 Å². The van der Waals surface area contributed by atoms with E-state index in [1.165, 1.54) is 0 Å². The second-order valence-corrected chi connectivity index (χ2v) is 3.86. The molecule has 6 heteroatoms. The van der Waals surface area contributed by atoms with Crippen molar-refractivity contribution >= 4 is 17.3 Å². The Kier molecular flexibility index (Phi) is 2.42. The number of hydrogen-bond acceptors (Lipinski definition) is 5. The van der Waals surface area contributed by atoms with Gasteiger partial charge in [0.05, 0.1) is 0 Å². The van der Waals surface area contributed by atoms with Gasteiger partial charge in [0.15, 0.2) is 5.01 Å². The lowest BCUT2D eigenvalue weighted by Gasteiger charge is -1.94. The number of nitrogens with zero attached hydrogens (tertiary/aromatic N) is 3. The highest BCUT2D eigenvalue weighted by Crippen LogP contribution is 2.21. The van der Waals surface area contributed by atoms with Crippen LogP contribution in [0.1, 0.15) is 15.5 Å². The molecule has 2 rings (SSSR count). The zero-order chi connectivity index (χ0) is 10.8. The van der Waals surface area contributed by atoms with Crippen LogP contribution < -0.4 is 0 Å². The van der Waals surface area contributed by atoms with Crippen LogP contribution in [0.3, 0.4) is 0 Å². The summed E-state index contributed by atoms with van der Waals surface area (Å²) in [4.78, 5) is 14.8. The fourth-order valence-electron chi connectivity index (χ4n) is 1.08. The first-order valence-electron chi connectivity index (χ1n) is 4.17. The third-order valence-corrected chi connectivity index (χ3v) is 2.65. The molecule has 0 aliphatic rings. The fraction of sp³-hybridized carbons (Fsp3) is 0.111. The van der Waals surface area contributed by atoms with Gasteiger partial charge in [-0.1, -0.05) is 17.4 Å². The zero-order valence-corrected chi connectivity index (χ0v) is 8.65. The molecule has 0 aliphatic heterocycles. The van der Waals surface area contributed by atoms with Crippen LogP contribution in [0.15, 0.2) is 18.2 Å². The summed E-state index contributed by atoms with van der Waals surface area (Å²) < 4.78 is 0. The van der Waals surface area contributed by atoms with E-state index in [1.807, 2.05) is 19.1 Å². The molecule has 0 spiro atoms. The molecule has 2 aromatic heterocycles. The number of carboxylic acid groups (broad SMARTS) is 1. The van der Waals surface area contributed by atoms with Gasteiger partial charge in [0, 0.05) is 5.69 Å². The van der Waals surface area contributed by atoms with Gasteiger partial charge in [-0.15, -0.1) is 10.2 Å². The number of rotatable bonds is 2. The molecule has 76 valence electrons. The van der Waals surface area contributed by atoms with Crippen molar-refractivity contribution in [3.05, 3.63) is 28.9 Å². The minimum Gasteiger partial charge on any atom is -0.476 e. The van der Waals surface area contributed by atoms with E-state index in [0.29, 0.717) is 10.7 Å². The number of hydrogen-bond donors (Lipinski definition) is 1. The molecule has 5 nitrogen and oxygen atoms in total. The van der Waals surface area contributed by atoms with Crippen LogP contribution in [-0.2, 0) is 0 Å². The second-order valence-electron chi connectivity index (χ2n) is 2.88. The van der Waals surface area contributed by atoms with Gasteiger partial charge in [-0.25, -0.2) is 4.79 Å². The van der Waals surface area contributed by atoms with Gasteiger partial charge in [-0.05, 0) is 19.1 Å². The van der Waals surface area contributed by atoms with Gasteiger partial charge in [0.1, 0.15) is 5.69 Å². The Labute approximate surface area is 89.4 Å². The maximum atomic E-state index is 10.6. The number of aromatic carboxylic acids is 1. The summed E-state index contributed by atoms with van der Waals surface area (Å²) in [6.45, 7) is 1.86. The molecule has 0 bridgehead atoms. The van der Waals surface area contributed by atoms with E-state index in [9.17, 15) is 4.79 Å². The van der Waals surface area contributed by atoms with Gasteiger partial charge >= 0.3 is 5.97 Å². The Hall–Kier alpha value is -1.82. The van der Waals surface area contributed by atoms with E-state index in [2.05, 4.69) is 15.2 Å². The van der Waals surface area contributed by atoms with E-state index in [1.54, 1.807) is 6.07 Å². The highest BCUT2D eigenvalue weighted by molar-refractivity contribution is 7.16. The van der Waals surface area contributed by atoms with Gasteiger partial charge in [-0.3, -0.25) is 4.98 Å². The molecular formula is C9H7N3O2S. The molecule has 0 saturated heterocycles. The predicted octanol–water partition coefficient (Wildman–Crippen LogP) is 1.61. The van der Waals surface area contributed by atoms with E-state index in [0.717, 1.165) is 17.0 Å². The molecule has 0 fully saturated rings. The maximum absolute atomic E-state index is 10.6. The number of carboxylic acids is 1. The summed E-state index contributed by atoms with van der Waals surface area (Å²) >= 11 is 1.02. The third-order valence-electron chi connectivity index (χ3n) is 1.72. The molecule has 2 aromatic rings. The van der Waals surface area contributed by atoms with Crippen molar-refractivity contribution in [1.29, 1.82) is 0 Å². The fourth-order valence-corrected chi connectivity index (χ4v) is 1.73. The van der Waals surface area contributed by atoms with Crippen molar-refractivity contribution in [2.75, 3.05) is 0 Å². The van der Waals surface area contributed by atoms with Crippen LogP contribution in [0.2, 0.25) is 0 Å². The van der Waals surface area contributed by atoms with Gasteiger partial charge < -0.3 is 5.11 Å². The topological polar surface area (TPSA) is 76.0 Å². The lowest BCUT2D eigenvalue weighted by molar-refractivity contribution is 0.0695. The van der Waals surface area contributed by atoms with Crippen LogP contribution in [0.5, 0.6) is 0 Å².